The number of carbonyl (C=O) groups excluding carboxylic acids is 1. The third-order valence-corrected chi connectivity index (χ3v) is 7.20. The molecule has 4 N–H and O–H groups in total. The van der Waals surface area contributed by atoms with Gasteiger partial charge in [-0.25, -0.2) is 0 Å². The van der Waals surface area contributed by atoms with Crippen LogP contribution in [0.4, 0.5) is 0 Å². The first kappa shape index (κ1) is 40.9. The minimum Gasteiger partial charge on any atom is -0.457 e. The van der Waals surface area contributed by atoms with Crippen molar-refractivity contribution < 1.29 is 44.2 Å². The van der Waals surface area contributed by atoms with Crippen LogP contribution in [0, 0.1) is 0 Å². The lowest BCUT2D eigenvalue weighted by atomic mass is 9.99. The lowest BCUT2D eigenvalue weighted by Crippen LogP contribution is -2.59. The second-order valence-electron chi connectivity index (χ2n) is 11.2. The van der Waals surface area contributed by atoms with Crippen LogP contribution in [0.25, 0.3) is 0 Å². The third-order valence-electron chi connectivity index (χ3n) is 7.20. The molecule has 9 nitrogen and oxygen atoms in total. The van der Waals surface area contributed by atoms with E-state index in [-0.39, 0.29) is 25.6 Å². The molecule has 258 valence electrons. The fourth-order valence-electron chi connectivity index (χ4n) is 4.49. The minimum atomic E-state index is -1.54. The summed E-state index contributed by atoms with van der Waals surface area (Å²) in [6.07, 6.45) is 26.5. The summed E-state index contributed by atoms with van der Waals surface area (Å²) in [5.74, 6) is -0.363. The molecule has 1 fully saturated rings. The highest BCUT2D eigenvalue weighted by Crippen LogP contribution is 2.22. The van der Waals surface area contributed by atoms with Gasteiger partial charge in [0.25, 0.3) is 0 Å². The molecule has 1 aliphatic rings. The lowest BCUT2D eigenvalue weighted by molar-refractivity contribution is -0.305. The van der Waals surface area contributed by atoms with Gasteiger partial charge in [-0.15, -0.1) is 0 Å². The van der Waals surface area contributed by atoms with E-state index in [1.807, 2.05) is 6.92 Å². The molecule has 1 aliphatic heterocycles. The van der Waals surface area contributed by atoms with Crippen molar-refractivity contribution in [1.82, 2.24) is 0 Å². The van der Waals surface area contributed by atoms with Crippen LogP contribution in [0.1, 0.15) is 97.3 Å². The first-order valence-electron chi connectivity index (χ1n) is 16.9. The van der Waals surface area contributed by atoms with Gasteiger partial charge in [0.2, 0.25) is 0 Å². The maximum atomic E-state index is 12.2. The molecule has 1 rings (SSSR count). The fraction of sp³-hybridized carbons (Fsp3) is 0.694. The number of allylic oxidation sites excluding steroid dienone is 10. The molecule has 0 radical (unpaired) electrons. The summed E-state index contributed by atoms with van der Waals surface area (Å²) in [4.78, 5) is 12.2. The van der Waals surface area contributed by atoms with Crippen molar-refractivity contribution >= 4 is 5.97 Å². The highest BCUT2D eigenvalue weighted by Gasteiger charge is 2.44. The Morgan fingerprint density at radius 3 is 1.93 bits per heavy atom. The molecule has 0 aromatic heterocycles. The Morgan fingerprint density at radius 2 is 1.33 bits per heavy atom. The van der Waals surface area contributed by atoms with Gasteiger partial charge in [0.15, 0.2) is 6.29 Å². The Balaban J connectivity index is 2.20. The first-order chi connectivity index (χ1) is 21.9. The zero-order valence-corrected chi connectivity index (χ0v) is 27.6. The van der Waals surface area contributed by atoms with Crippen LogP contribution in [-0.4, -0.2) is 89.6 Å². The number of rotatable bonds is 26. The van der Waals surface area contributed by atoms with E-state index in [4.69, 9.17) is 18.9 Å². The number of aliphatic hydroxyl groups is 4. The van der Waals surface area contributed by atoms with Crippen LogP contribution in [0.3, 0.4) is 0 Å². The number of hydrogen-bond donors (Lipinski definition) is 4. The predicted molar refractivity (Wildman–Crippen MR) is 177 cm³/mol. The smallest absolute Gasteiger partial charge is 0.306 e. The van der Waals surface area contributed by atoms with Crippen LogP contribution in [0.2, 0.25) is 0 Å². The van der Waals surface area contributed by atoms with Gasteiger partial charge < -0.3 is 39.4 Å². The van der Waals surface area contributed by atoms with Crippen molar-refractivity contribution in [1.29, 1.82) is 0 Å². The average Bonchev–Trinajstić information content (AvgIpc) is 3.04. The first-order valence-corrected chi connectivity index (χ1v) is 16.9. The molecular weight excluding hydrogens is 576 g/mol. The summed E-state index contributed by atoms with van der Waals surface area (Å²) in [5.41, 5.74) is 0. The molecule has 0 amide bonds. The van der Waals surface area contributed by atoms with Gasteiger partial charge in [-0.1, -0.05) is 93.9 Å². The summed E-state index contributed by atoms with van der Waals surface area (Å²) < 4.78 is 22.2. The van der Waals surface area contributed by atoms with Crippen molar-refractivity contribution in [2.24, 2.45) is 0 Å². The van der Waals surface area contributed by atoms with E-state index in [0.717, 1.165) is 70.6 Å². The average molecular weight is 637 g/mol. The molecular formula is C36H60O9. The molecule has 9 heteroatoms. The van der Waals surface area contributed by atoms with E-state index in [9.17, 15) is 25.2 Å². The molecule has 0 aromatic rings. The third kappa shape index (κ3) is 20.6. The fourth-order valence-corrected chi connectivity index (χ4v) is 4.49. The van der Waals surface area contributed by atoms with Gasteiger partial charge >= 0.3 is 5.97 Å². The van der Waals surface area contributed by atoms with Crippen LogP contribution >= 0.6 is 0 Å². The summed E-state index contributed by atoms with van der Waals surface area (Å²) in [7, 11) is 0. The maximum absolute atomic E-state index is 12.2. The molecule has 45 heavy (non-hydrogen) atoms. The highest BCUT2D eigenvalue weighted by molar-refractivity contribution is 5.69. The summed E-state index contributed by atoms with van der Waals surface area (Å²) in [6.45, 7) is 4.09. The maximum Gasteiger partial charge on any atom is 0.306 e. The summed E-state index contributed by atoms with van der Waals surface area (Å²) in [5, 5.41) is 39.5. The van der Waals surface area contributed by atoms with Crippen LogP contribution in [0.5, 0.6) is 0 Å². The van der Waals surface area contributed by atoms with Gasteiger partial charge in [0.1, 0.15) is 30.5 Å². The van der Waals surface area contributed by atoms with Gasteiger partial charge in [0, 0.05) is 13.0 Å². The molecule has 0 aromatic carbocycles. The minimum absolute atomic E-state index is 0.120. The molecule has 1 saturated heterocycles. The van der Waals surface area contributed by atoms with Crippen LogP contribution in [0.15, 0.2) is 60.8 Å². The molecule has 6 atom stereocenters. The van der Waals surface area contributed by atoms with Crippen molar-refractivity contribution in [3.63, 3.8) is 0 Å². The molecule has 1 heterocycles. The Morgan fingerprint density at radius 1 is 0.733 bits per heavy atom. The second kappa shape index (κ2) is 28.1. The number of esters is 1. The Labute approximate surface area is 271 Å². The normalized spacial score (nSPS) is 23.4. The Bertz CT molecular complexity index is 865. The highest BCUT2D eigenvalue weighted by atomic mass is 16.7. The zero-order chi connectivity index (χ0) is 33.0. The Kier molecular flexibility index (Phi) is 25.6. The summed E-state index contributed by atoms with van der Waals surface area (Å²) >= 11 is 0. The van der Waals surface area contributed by atoms with Gasteiger partial charge in [-0.3, -0.25) is 4.79 Å². The quantitative estimate of drug-likeness (QED) is 0.0542. The molecule has 0 aliphatic carbocycles. The lowest BCUT2D eigenvalue weighted by Gasteiger charge is -2.39. The van der Waals surface area contributed by atoms with E-state index in [0.29, 0.717) is 13.0 Å². The molecule has 0 saturated carbocycles. The standard InChI is InChI=1S/C36H60O9/c1-3-5-7-8-9-10-11-12-13-14-15-16-17-18-19-20-21-22-23-24-26-42-28-30(44-32(38)25-6-4-2)29-43-36-35(41)34(40)33(39)31(27-37)45-36/h5,7,9-10,12-13,15-16,18-19,30-31,33-37,39-41H,3-4,6,8,11,14,17,20-29H2,1-2H3/b7-5-,10-9-,13-12-,16-15-,19-18-. The monoisotopic (exact) mass is 636 g/mol. The van der Waals surface area contributed by atoms with Gasteiger partial charge in [-0.2, -0.15) is 0 Å². The van der Waals surface area contributed by atoms with Crippen LogP contribution in [-0.2, 0) is 23.7 Å². The number of unbranched alkanes of at least 4 members (excludes halogenated alkanes) is 5. The van der Waals surface area contributed by atoms with E-state index < -0.39 is 43.4 Å². The molecule has 0 spiro atoms. The summed E-state index contributed by atoms with van der Waals surface area (Å²) in [6, 6.07) is 0. The van der Waals surface area contributed by atoms with E-state index in [1.54, 1.807) is 0 Å². The second-order valence-corrected chi connectivity index (χ2v) is 11.2. The number of aliphatic hydroxyl groups excluding tert-OH is 4. The van der Waals surface area contributed by atoms with E-state index >= 15 is 0 Å². The number of hydrogen-bond acceptors (Lipinski definition) is 9. The van der Waals surface area contributed by atoms with E-state index in [2.05, 4.69) is 67.7 Å². The van der Waals surface area contributed by atoms with Crippen LogP contribution < -0.4 is 0 Å². The largest absolute Gasteiger partial charge is 0.457 e. The SMILES string of the molecule is CC/C=C\C/C=C\C/C=C\C/C=C\C/C=C\CCCCCCOCC(COC1OC(CO)C(O)C(O)C1O)OC(=O)CCCC. The van der Waals surface area contributed by atoms with Gasteiger partial charge in [0.05, 0.1) is 19.8 Å². The molecule has 6 unspecified atom stereocenters. The predicted octanol–water partition coefficient (Wildman–Crippen LogP) is 5.62. The van der Waals surface area contributed by atoms with Crippen molar-refractivity contribution in [3.05, 3.63) is 60.8 Å². The van der Waals surface area contributed by atoms with Crippen molar-refractivity contribution in [2.75, 3.05) is 26.4 Å². The topological polar surface area (TPSA) is 135 Å². The Hall–Kier alpha value is -2.11. The number of carbonyl (C=O) groups is 1. The molecule has 0 bridgehead atoms. The van der Waals surface area contributed by atoms with Crippen molar-refractivity contribution in [2.45, 2.75) is 134 Å². The van der Waals surface area contributed by atoms with Crippen molar-refractivity contribution in [3.8, 4) is 0 Å². The van der Waals surface area contributed by atoms with E-state index in [1.165, 1.54) is 0 Å². The number of ether oxygens (including phenoxy) is 4. The zero-order valence-electron chi connectivity index (χ0n) is 27.6. The van der Waals surface area contributed by atoms with Gasteiger partial charge in [-0.05, 0) is 57.8 Å².